The first-order chi connectivity index (χ1) is 16.7. The van der Waals surface area contributed by atoms with Crippen LogP contribution in [0.1, 0.15) is 47.8 Å². The molecule has 2 aliphatic heterocycles. The van der Waals surface area contributed by atoms with Crippen LogP contribution in [-0.4, -0.2) is 29.1 Å². The van der Waals surface area contributed by atoms with Crippen LogP contribution >= 0.6 is 0 Å². The van der Waals surface area contributed by atoms with Crippen LogP contribution in [0, 0.1) is 5.82 Å². The van der Waals surface area contributed by atoms with E-state index in [-0.39, 0.29) is 24.1 Å². The lowest BCUT2D eigenvalue weighted by molar-refractivity contribution is -0.0223. The van der Waals surface area contributed by atoms with Crippen molar-refractivity contribution >= 4 is 0 Å². The van der Waals surface area contributed by atoms with E-state index in [1.807, 2.05) is 30.3 Å². The molecule has 0 bridgehead atoms. The van der Waals surface area contributed by atoms with E-state index in [9.17, 15) is 4.39 Å². The van der Waals surface area contributed by atoms with Crippen LogP contribution in [0.5, 0.6) is 0 Å². The minimum absolute atomic E-state index is 0.0421. The van der Waals surface area contributed by atoms with Crippen LogP contribution in [0.25, 0.3) is 0 Å². The maximum Gasteiger partial charge on any atom is 0.123 e. The van der Waals surface area contributed by atoms with Crippen molar-refractivity contribution in [3.05, 3.63) is 119 Å². The van der Waals surface area contributed by atoms with Crippen molar-refractivity contribution in [3.63, 3.8) is 0 Å². The standard InChI is InChI=1S/C29H31FN2O2/c1-2-27(29(23-11-7-4-8-12-23)34-19-22-9-5-3-6-10-22)32-16-15-31(21-32)18-28-26-14-13-25(30)17-24(26)20-33-28/h3-17,27-29H,2,18-21H2,1H3. The van der Waals surface area contributed by atoms with Gasteiger partial charge in [-0.15, -0.1) is 0 Å². The first-order valence-electron chi connectivity index (χ1n) is 12.0. The molecule has 5 heteroatoms. The Labute approximate surface area is 201 Å². The molecule has 0 spiro atoms. The number of ether oxygens (including phenoxy) is 2. The molecular formula is C29H31FN2O2. The van der Waals surface area contributed by atoms with Gasteiger partial charge < -0.3 is 19.3 Å². The minimum atomic E-state index is -0.205. The second kappa shape index (κ2) is 10.4. The number of benzene rings is 3. The molecule has 0 saturated carbocycles. The number of halogens is 1. The van der Waals surface area contributed by atoms with E-state index in [1.54, 1.807) is 6.07 Å². The summed E-state index contributed by atoms with van der Waals surface area (Å²) >= 11 is 0. The SMILES string of the molecule is CCC(C(OCc1ccccc1)c1ccccc1)N1C=CN(CC2OCc3cc(F)ccc32)C1. The van der Waals surface area contributed by atoms with Crippen LogP contribution in [0.4, 0.5) is 4.39 Å². The first kappa shape index (κ1) is 22.6. The molecule has 0 fully saturated rings. The lowest BCUT2D eigenvalue weighted by Gasteiger charge is -2.35. The third-order valence-corrected chi connectivity index (χ3v) is 6.70. The summed E-state index contributed by atoms with van der Waals surface area (Å²) in [6.07, 6.45) is 5.15. The highest BCUT2D eigenvalue weighted by Gasteiger charge is 2.32. The normalized spacial score (nSPS) is 18.8. The van der Waals surface area contributed by atoms with Gasteiger partial charge in [0, 0.05) is 18.9 Å². The van der Waals surface area contributed by atoms with E-state index in [0.29, 0.717) is 13.2 Å². The van der Waals surface area contributed by atoms with Crippen molar-refractivity contribution in [2.24, 2.45) is 0 Å². The molecule has 0 saturated heterocycles. The average Bonchev–Trinajstić information content (AvgIpc) is 3.50. The van der Waals surface area contributed by atoms with Crippen LogP contribution in [0.2, 0.25) is 0 Å². The van der Waals surface area contributed by atoms with Crippen LogP contribution in [-0.2, 0) is 22.7 Å². The summed E-state index contributed by atoms with van der Waals surface area (Å²) in [4.78, 5) is 4.63. The first-order valence-corrected chi connectivity index (χ1v) is 12.0. The van der Waals surface area contributed by atoms with E-state index in [4.69, 9.17) is 9.47 Å². The molecule has 3 atom stereocenters. The van der Waals surface area contributed by atoms with Crippen LogP contribution in [0.3, 0.4) is 0 Å². The predicted octanol–water partition coefficient (Wildman–Crippen LogP) is 6.18. The van der Waals surface area contributed by atoms with E-state index < -0.39 is 0 Å². The molecule has 2 heterocycles. The van der Waals surface area contributed by atoms with Crippen LogP contribution < -0.4 is 0 Å². The fourth-order valence-corrected chi connectivity index (χ4v) is 4.93. The quantitative estimate of drug-likeness (QED) is 0.382. The Morgan fingerprint density at radius 2 is 1.76 bits per heavy atom. The van der Waals surface area contributed by atoms with Gasteiger partial charge in [-0.05, 0) is 40.8 Å². The summed E-state index contributed by atoms with van der Waals surface area (Å²) in [6, 6.07) is 26.0. The number of hydrogen-bond donors (Lipinski definition) is 0. The molecular weight excluding hydrogens is 427 g/mol. The maximum atomic E-state index is 13.6. The average molecular weight is 459 g/mol. The van der Waals surface area contributed by atoms with Gasteiger partial charge in [0.2, 0.25) is 0 Å². The number of nitrogens with zero attached hydrogens (tertiary/aromatic N) is 2. The topological polar surface area (TPSA) is 24.9 Å². The van der Waals surface area contributed by atoms with Crippen molar-refractivity contribution in [2.75, 3.05) is 13.2 Å². The Morgan fingerprint density at radius 1 is 1.00 bits per heavy atom. The third-order valence-electron chi connectivity index (χ3n) is 6.70. The summed E-state index contributed by atoms with van der Waals surface area (Å²) in [6.45, 7) is 4.77. The summed E-state index contributed by atoms with van der Waals surface area (Å²) in [5.41, 5.74) is 4.40. The lowest BCUT2D eigenvalue weighted by Crippen LogP contribution is -2.39. The van der Waals surface area contributed by atoms with Crippen molar-refractivity contribution in [2.45, 2.75) is 44.8 Å². The monoisotopic (exact) mass is 458 g/mol. The molecule has 5 rings (SSSR count). The zero-order valence-electron chi connectivity index (χ0n) is 19.5. The van der Waals surface area contributed by atoms with Crippen molar-refractivity contribution < 1.29 is 13.9 Å². The van der Waals surface area contributed by atoms with Gasteiger partial charge in [0.15, 0.2) is 0 Å². The largest absolute Gasteiger partial charge is 0.367 e. The lowest BCUT2D eigenvalue weighted by atomic mass is 9.99. The van der Waals surface area contributed by atoms with Crippen molar-refractivity contribution in [1.82, 2.24) is 9.80 Å². The minimum Gasteiger partial charge on any atom is -0.367 e. The third kappa shape index (κ3) is 5.01. The maximum absolute atomic E-state index is 13.6. The molecule has 0 amide bonds. The van der Waals surface area contributed by atoms with Crippen molar-refractivity contribution in [3.8, 4) is 0 Å². The van der Waals surface area contributed by atoms with E-state index in [1.165, 1.54) is 17.2 Å². The molecule has 2 aliphatic rings. The van der Waals surface area contributed by atoms with Gasteiger partial charge in [-0.2, -0.15) is 0 Å². The Bertz CT molecular complexity index is 1110. The van der Waals surface area contributed by atoms with Gasteiger partial charge in [-0.25, -0.2) is 4.39 Å². The van der Waals surface area contributed by atoms with Gasteiger partial charge >= 0.3 is 0 Å². The Hall–Kier alpha value is -3.15. The molecule has 0 aliphatic carbocycles. The van der Waals surface area contributed by atoms with E-state index in [2.05, 4.69) is 65.5 Å². The zero-order chi connectivity index (χ0) is 23.3. The highest BCUT2D eigenvalue weighted by atomic mass is 19.1. The molecule has 34 heavy (non-hydrogen) atoms. The number of fused-ring (bicyclic) bond motifs is 1. The Balaban J connectivity index is 1.28. The second-order valence-corrected chi connectivity index (χ2v) is 8.97. The number of hydrogen-bond acceptors (Lipinski definition) is 4. The van der Waals surface area contributed by atoms with Crippen LogP contribution in [0.15, 0.2) is 91.3 Å². The Morgan fingerprint density at radius 3 is 2.53 bits per heavy atom. The summed E-state index contributed by atoms with van der Waals surface area (Å²) < 4.78 is 26.1. The van der Waals surface area contributed by atoms with E-state index >= 15 is 0 Å². The molecule has 3 aromatic rings. The molecule has 0 radical (unpaired) electrons. The number of rotatable bonds is 9. The van der Waals surface area contributed by atoms with Gasteiger partial charge in [-0.3, -0.25) is 0 Å². The highest BCUT2D eigenvalue weighted by Crippen LogP contribution is 2.34. The van der Waals surface area contributed by atoms with Gasteiger partial charge in [0.25, 0.3) is 0 Å². The zero-order valence-corrected chi connectivity index (χ0v) is 19.5. The molecule has 3 unspecified atom stereocenters. The predicted molar refractivity (Wildman–Crippen MR) is 131 cm³/mol. The molecule has 4 nitrogen and oxygen atoms in total. The summed E-state index contributed by atoms with van der Waals surface area (Å²) in [5, 5.41) is 0. The second-order valence-electron chi connectivity index (χ2n) is 8.97. The van der Waals surface area contributed by atoms with Gasteiger partial charge in [0.05, 0.1) is 25.9 Å². The van der Waals surface area contributed by atoms with E-state index in [0.717, 1.165) is 30.8 Å². The molecule has 0 N–H and O–H groups in total. The molecule has 3 aromatic carbocycles. The molecule has 0 aromatic heterocycles. The van der Waals surface area contributed by atoms with Gasteiger partial charge in [-0.1, -0.05) is 73.7 Å². The Kier molecular flexibility index (Phi) is 6.93. The fourth-order valence-electron chi connectivity index (χ4n) is 4.93. The summed E-state index contributed by atoms with van der Waals surface area (Å²) in [7, 11) is 0. The van der Waals surface area contributed by atoms with Gasteiger partial charge in [0.1, 0.15) is 18.0 Å². The fraction of sp³-hybridized carbons (Fsp3) is 0.310. The summed E-state index contributed by atoms with van der Waals surface area (Å²) in [5.74, 6) is -0.205. The highest BCUT2D eigenvalue weighted by molar-refractivity contribution is 5.32. The smallest absolute Gasteiger partial charge is 0.123 e. The van der Waals surface area contributed by atoms with Crippen molar-refractivity contribution in [1.29, 1.82) is 0 Å². The molecule has 176 valence electrons.